The van der Waals surface area contributed by atoms with Crippen LogP contribution in [-0.2, 0) is 14.3 Å². The summed E-state index contributed by atoms with van der Waals surface area (Å²) in [7, 11) is 0. The van der Waals surface area contributed by atoms with E-state index in [1.54, 1.807) is 0 Å². The molecule has 0 aliphatic rings. The lowest BCUT2D eigenvalue weighted by Gasteiger charge is -1.88. The summed E-state index contributed by atoms with van der Waals surface area (Å²) in [6, 6.07) is 0. The van der Waals surface area contributed by atoms with Crippen molar-refractivity contribution in [3.05, 3.63) is 25.5 Å². The Morgan fingerprint density at radius 3 is 2.08 bits per heavy atom. The highest BCUT2D eigenvalue weighted by Crippen LogP contribution is 1.73. The fourth-order valence-electron chi connectivity index (χ4n) is 0.248. The van der Waals surface area contributed by atoms with Gasteiger partial charge in [0, 0.05) is 6.92 Å². The summed E-state index contributed by atoms with van der Waals surface area (Å²) >= 11 is 0. The van der Waals surface area contributed by atoms with Crippen LogP contribution in [-0.4, -0.2) is 23.8 Å². The molecule has 0 saturated carbocycles. The molecule has 5 nitrogen and oxygen atoms in total. The number of carbonyl (C=O) groups is 2. The highest BCUT2D eigenvalue weighted by Gasteiger charge is 1.87. The van der Waals surface area contributed by atoms with Crippen LogP contribution in [0.4, 0.5) is 4.79 Å². The van der Waals surface area contributed by atoms with Gasteiger partial charge in [-0.15, -0.1) is 0 Å². The largest absolute Gasteiger partial charge is 0.506 e. The SMILES string of the molecule is C=CCOC(=O)O.C=COC(C)=O. The third kappa shape index (κ3) is 25.3. The Balaban J connectivity index is 0. The first kappa shape index (κ1) is 13.8. The number of carbonyl (C=O) groups excluding carboxylic acids is 1. The number of ether oxygens (including phenoxy) is 2. The van der Waals surface area contributed by atoms with Crippen molar-refractivity contribution in [2.75, 3.05) is 6.61 Å². The van der Waals surface area contributed by atoms with Crippen LogP contribution in [0, 0.1) is 0 Å². The van der Waals surface area contributed by atoms with Gasteiger partial charge >= 0.3 is 12.1 Å². The Morgan fingerprint density at radius 2 is 2.00 bits per heavy atom. The minimum Gasteiger partial charge on any atom is -0.450 e. The van der Waals surface area contributed by atoms with Crippen molar-refractivity contribution in [2.24, 2.45) is 0 Å². The van der Waals surface area contributed by atoms with Gasteiger partial charge in [-0.1, -0.05) is 19.2 Å². The van der Waals surface area contributed by atoms with Crippen LogP contribution < -0.4 is 0 Å². The molecular formula is C8H12O5. The zero-order chi connectivity index (χ0) is 10.7. The predicted octanol–water partition coefficient (Wildman–Crippen LogP) is 1.56. The summed E-state index contributed by atoms with van der Waals surface area (Å²) in [5, 5.41) is 7.77. The highest BCUT2D eigenvalue weighted by molar-refractivity contribution is 5.66. The van der Waals surface area contributed by atoms with Crippen molar-refractivity contribution < 1.29 is 24.2 Å². The van der Waals surface area contributed by atoms with Crippen LogP contribution >= 0.6 is 0 Å². The lowest BCUT2D eigenvalue weighted by atomic mass is 10.7. The second-order valence-electron chi connectivity index (χ2n) is 1.64. The van der Waals surface area contributed by atoms with Crippen LogP contribution in [0.15, 0.2) is 25.5 Å². The Morgan fingerprint density at radius 1 is 1.46 bits per heavy atom. The maximum absolute atomic E-state index is 9.75. The third-order valence-corrected chi connectivity index (χ3v) is 0.574. The summed E-state index contributed by atoms with van der Waals surface area (Å²) < 4.78 is 8.16. The standard InChI is InChI=1S/C4H6O3.C4H6O2/c1-2-3-7-4(5)6;1-3-6-4(2)5/h2H,1,3H2,(H,5,6);3H,1H2,2H3. The van der Waals surface area contributed by atoms with E-state index in [1.807, 2.05) is 0 Å². The fourth-order valence-corrected chi connectivity index (χ4v) is 0.248. The molecule has 0 radical (unpaired) electrons. The molecule has 0 aromatic rings. The number of hydrogen-bond acceptors (Lipinski definition) is 4. The predicted molar refractivity (Wildman–Crippen MR) is 46.1 cm³/mol. The smallest absolute Gasteiger partial charge is 0.450 e. The Labute approximate surface area is 76.3 Å². The second-order valence-corrected chi connectivity index (χ2v) is 1.64. The van der Waals surface area contributed by atoms with Crippen LogP contribution in [0.25, 0.3) is 0 Å². The maximum atomic E-state index is 9.75. The van der Waals surface area contributed by atoms with Crippen LogP contribution in [0.3, 0.4) is 0 Å². The first-order chi connectivity index (χ1) is 6.04. The third-order valence-electron chi connectivity index (χ3n) is 0.574. The molecule has 0 saturated heterocycles. The normalized spacial score (nSPS) is 7.15. The quantitative estimate of drug-likeness (QED) is 0.413. The van der Waals surface area contributed by atoms with E-state index < -0.39 is 6.16 Å². The van der Waals surface area contributed by atoms with Crippen molar-refractivity contribution in [1.29, 1.82) is 0 Å². The zero-order valence-electron chi connectivity index (χ0n) is 7.36. The summed E-state index contributed by atoms with van der Waals surface area (Å²) in [6.45, 7) is 7.79. The Kier molecular flexibility index (Phi) is 10.8. The fraction of sp³-hybridized carbons (Fsp3) is 0.250. The average molecular weight is 188 g/mol. The van der Waals surface area contributed by atoms with Gasteiger partial charge in [0.2, 0.25) is 0 Å². The van der Waals surface area contributed by atoms with E-state index in [4.69, 9.17) is 5.11 Å². The first-order valence-electron chi connectivity index (χ1n) is 3.29. The second kappa shape index (κ2) is 10.2. The van der Waals surface area contributed by atoms with Crippen molar-refractivity contribution in [3.63, 3.8) is 0 Å². The molecular weight excluding hydrogens is 176 g/mol. The Hall–Kier alpha value is -1.78. The molecule has 0 aromatic heterocycles. The highest BCUT2D eigenvalue weighted by atomic mass is 16.7. The topological polar surface area (TPSA) is 72.8 Å². The summed E-state index contributed by atoms with van der Waals surface area (Å²) in [5.41, 5.74) is 0. The molecule has 0 aliphatic heterocycles. The van der Waals surface area contributed by atoms with Gasteiger partial charge in [-0.3, -0.25) is 4.79 Å². The molecule has 74 valence electrons. The molecule has 0 atom stereocenters. The van der Waals surface area contributed by atoms with Crippen LogP contribution in [0.5, 0.6) is 0 Å². The van der Waals surface area contributed by atoms with Gasteiger partial charge in [-0.25, -0.2) is 4.79 Å². The van der Waals surface area contributed by atoms with E-state index in [1.165, 1.54) is 13.0 Å². The molecule has 0 aromatic carbocycles. The molecule has 5 heteroatoms. The molecule has 0 heterocycles. The van der Waals surface area contributed by atoms with E-state index in [2.05, 4.69) is 22.6 Å². The number of hydrogen-bond donors (Lipinski definition) is 1. The van der Waals surface area contributed by atoms with Crippen LogP contribution in [0.1, 0.15) is 6.92 Å². The molecule has 0 fully saturated rings. The number of carboxylic acid groups (broad SMARTS) is 1. The van der Waals surface area contributed by atoms with Gasteiger partial charge in [0.05, 0.1) is 6.26 Å². The minimum absolute atomic E-state index is 0.0648. The van der Waals surface area contributed by atoms with E-state index in [0.717, 1.165) is 6.26 Å². The van der Waals surface area contributed by atoms with E-state index in [-0.39, 0.29) is 12.6 Å². The van der Waals surface area contributed by atoms with Crippen molar-refractivity contribution in [1.82, 2.24) is 0 Å². The molecule has 0 bridgehead atoms. The number of esters is 1. The Bertz CT molecular complexity index is 185. The molecule has 13 heavy (non-hydrogen) atoms. The lowest BCUT2D eigenvalue weighted by molar-refractivity contribution is -0.135. The van der Waals surface area contributed by atoms with Gasteiger partial charge < -0.3 is 14.6 Å². The average Bonchev–Trinajstić information content (AvgIpc) is 2.01. The molecule has 0 amide bonds. The minimum atomic E-state index is -1.26. The van der Waals surface area contributed by atoms with Gasteiger partial charge in [0.15, 0.2) is 0 Å². The summed E-state index contributed by atoms with van der Waals surface area (Å²) in [5.74, 6) is -0.329. The van der Waals surface area contributed by atoms with Gasteiger partial charge in [0.1, 0.15) is 6.61 Å². The molecule has 0 aliphatic carbocycles. The van der Waals surface area contributed by atoms with E-state index in [9.17, 15) is 9.59 Å². The molecule has 0 rings (SSSR count). The van der Waals surface area contributed by atoms with Crippen molar-refractivity contribution in [2.45, 2.75) is 6.92 Å². The monoisotopic (exact) mass is 188 g/mol. The molecule has 0 unspecified atom stereocenters. The maximum Gasteiger partial charge on any atom is 0.506 e. The lowest BCUT2D eigenvalue weighted by Crippen LogP contribution is -1.98. The van der Waals surface area contributed by atoms with Crippen LogP contribution in [0.2, 0.25) is 0 Å². The summed E-state index contributed by atoms with van der Waals surface area (Å²) in [4.78, 5) is 19.2. The number of rotatable bonds is 3. The van der Waals surface area contributed by atoms with Gasteiger partial charge in [-0.05, 0) is 0 Å². The van der Waals surface area contributed by atoms with E-state index >= 15 is 0 Å². The van der Waals surface area contributed by atoms with E-state index in [0.29, 0.717) is 0 Å². The first-order valence-corrected chi connectivity index (χ1v) is 3.29. The van der Waals surface area contributed by atoms with Crippen molar-refractivity contribution in [3.8, 4) is 0 Å². The molecule has 1 N–H and O–H groups in total. The summed E-state index contributed by atoms with van der Waals surface area (Å²) in [6.07, 6.45) is 1.20. The van der Waals surface area contributed by atoms with Gasteiger partial charge in [0.25, 0.3) is 0 Å². The van der Waals surface area contributed by atoms with Gasteiger partial charge in [-0.2, -0.15) is 0 Å². The molecule has 0 spiro atoms. The zero-order valence-corrected chi connectivity index (χ0v) is 7.36. The van der Waals surface area contributed by atoms with Crippen molar-refractivity contribution >= 4 is 12.1 Å².